The van der Waals surface area contributed by atoms with Crippen LogP contribution >= 0.6 is 15.9 Å². The molecule has 3 aromatic carbocycles. The van der Waals surface area contributed by atoms with Gasteiger partial charge in [-0.2, -0.15) is 0 Å². The van der Waals surface area contributed by atoms with Crippen LogP contribution in [0.15, 0.2) is 120 Å². The van der Waals surface area contributed by atoms with Crippen LogP contribution in [0, 0.1) is 0 Å². The molecule has 3 aliphatic heterocycles. The van der Waals surface area contributed by atoms with Gasteiger partial charge in [0.15, 0.2) is 6.10 Å². The Kier molecular flexibility index (Phi) is 36.3. The van der Waals surface area contributed by atoms with E-state index in [9.17, 15) is 119 Å². The van der Waals surface area contributed by atoms with Crippen molar-refractivity contribution in [2.24, 2.45) is 11.5 Å². The van der Waals surface area contributed by atoms with Crippen molar-refractivity contribution in [2.75, 3.05) is 26.4 Å². The van der Waals surface area contributed by atoms with Crippen LogP contribution in [0.2, 0.25) is 0 Å². The zero-order chi connectivity index (χ0) is 88.4. The Balaban J connectivity index is 1.43. The second-order valence-corrected chi connectivity index (χ2v) is 29.7. The Morgan fingerprint density at radius 3 is 1.76 bits per heavy atom. The minimum absolute atomic E-state index is 0.277. The molecule has 1 aromatic heterocycles. The van der Waals surface area contributed by atoms with Crippen LogP contribution in [0.3, 0.4) is 0 Å². The second-order valence-electron chi connectivity index (χ2n) is 28.8. The average molecular weight is 1750 g/mol. The van der Waals surface area contributed by atoms with Gasteiger partial charge in [0.1, 0.15) is 103 Å². The Bertz CT molecular complexity index is 4370. The molecule has 0 aliphatic carbocycles. The van der Waals surface area contributed by atoms with Gasteiger partial charge in [-0.3, -0.25) is 67.1 Å². The molecule has 0 spiro atoms. The number of aromatic nitrogens is 2. The molecule has 2 unspecified atom stereocenters. The summed E-state index contributed by atoms with van der Waals surface area (Å²) >= 11 is 3.27. The number of β-amino-alcohol motifs (C(OH)–C–C–N with tert-alkyl or cyclic N) is 1. The number of nitrogens with one attached hydrogen (secondary N) is 12. The number of allylic oxidation sites excluding steroid dienone is 2. The summed E-state index contributed by atoms with van der Waals surface area (Å²) in [5.41, 5.74) is 12.5. The van der Waals surface area contributed by atoms with Gasteiger partial charge < -0.3 is 141 Å². The van der Waals surface area contributed by atoms with E-state index in [1.54, 1.807) is 79.7 Å². The highest BCUT2D eigenvalue weighted by atomic mass is 79.9. The first kappa shape index (κ1) is 95.6. The summed E-state index contributed by atoms with van der Waals surface area (Å²) in [6, 6.07) is -0.101. The first-order chi connectivity index (χ1) is 56.9. The Morgan fingerprint density at radius 2 is 1.14 bits per heavy atom. The number of imidazole rings is 1. The molecule has 120 heavy (non-hydrogen) atoms. The molecule has 26 N–H and O–H groups in total. The van der Waals surface area contributed by atoms with Crippen LogP contribution in [0.4, 0.5) is 0 Å². The van der Waals surface area contributed by atoms with Crippen LogP contribution in [-0.2, 0) is 102 Å². The average Bonchev–Trinajstić information content (AvgIpc) is 1.59. The standard InChI is InChI=1S/C76H99BrN16O27/c1-36(16-17-38-10-5-3-6-11-38)24-52(98)43-22-23-57(102)82-50(32-94)70(113)88-49-31-92-30-42(93(35-92)75-63(106)62(105)60(103)54(34-96)120-75)27-47(67(110)90-58(37(2)97)73(116)89-51(33-95)71(114)85-46(66(109)83-43)25-39-12-7-4-8-13-39)81-56(101)15-9-14-44(76(118)119)84-72(115)53(99)29-80-65(108)45(26-40-18-20-41(77)21-19-40)87-74(117)59(61(104)64(79)107)91-68(111)48(28-55(78)100)86-69(49)112/h3-8,10-13,16-21,24,30,35,37,43-54,58-63,75,94-99,103-106H,9,14-15,22-23,25-29,31-34H2,1-2H3,(H16-,78,79,80,81,82,83,84,85,86,87,88,89,90,91,100,101,102,107,108,109,110,111,112,113,114,115,116,117,118,119)/b17-16+,36-24+/t37-,43+,44+,45+,46+,47?,48+,49?,50+,51+,52+,53+,54-,58+,59+,60+,61-,62+,63-,75-/m1/s1. The van der Waals surface area contributed by atoms with Gasteiger partial charge in [-0.15, -0.1) is 0 Å². The van der Waals surface area contributed by atoms with Gasteiger partial charge in [0.2, 0.25) is 89.3 Å². The molecule has 4 bridgehead atoms. The first-order valence-corrected chi connectivity index (χ1v) is 38.6. The second kappa shape index (κ2) is 45.6. The van der Waals surface area contributed by atoms with Gasteiger partial charge in [-0.25, -0.2) is 9.13 Å². The number of aliphatic carboxylic acids is 1. The van der Waals surface area contributed by atoms with Gasteiger partial charge >= 0.3 is 0 Å². The number of ether oxygens (including phenoxy) is 1. The molecule has 652 valence electrons. The lowest BCUT2D eigenvalue weighted by atomic mass is 9.98. The lowest BCUT2D eigenvalue weighted by molar-refractivity contribution is -0.697. The van der Waals surface area contributed by atoms with Crippen molar-refractivity contribution >= 4 is 111 Å². The van der Waals surface area contributed by atoms with Crippen LogP contribution in [0.25, 0.3) is 6.08 Å². The number of primary amides is 2. The molecule has 1 saturated heterocycles. The van der Waals surface area contributed by atoms with Crippen molar-refractivity contribution in [1.29, 1.82) is 0 Å². The zero-order valence-corrected chi connectivity index (χ0v) is 66.3. The minimum Gasteiger partial charge on any atom is -0.548 e. The molecular weight excluding hydrogens is 1650 g/mol. The summed E-state index contributed by atoms with van der Waals surface area (Å²) in [7, 11) is 0. The molecule has 0 saturated carbocycles. The molecule has 4 aromatic rings. The predicted molar refractivity (Wildman–Crippen MR) is 414 cm³/mol. The van der Waals surface area contributed by atoms with E-state index < -0.39 is 300 Å². The summed E-state index contributed by atoms with van der Waals surface area (Å²) in [4.78, 5) is 213. The van der Waals surface area contributed by atoms with E-state index in [4.69, 9.17) is 16.2 Å². The molecule has 1 fully saturated rings. The fraction of sp³-hybridized carbons (Fsp3) is 0.474. The fourth-order valence-corrected chi connectivity index (χ4v) is 13.1. The van der Waals surface area contributed by atoms with E-state index in [2.05, 4.69) is 69.1 Å². The molecule has 0 radical (unpaired) electrons. The Labute approximate surface area is 693 Å². The van der Waals surface area contributed by atoms with Crippen molar-refractivity contribution in [3.8, 4) is 0 Å². The molecule has 43 nitrogen and oxygen atoms in total. The summed E-state index contributed by atoms with van der Waals surface area (Å²) in [5, 5.41) is 151. The number of carbonyl (C=O) groups excluding carboxylic acids is 15. The maximum absolute atomic E-state index is 15.3. The van der Waals surface area contributed by atoms with Crippen molar-refractivity contribution < 1.29 is 137 Å². The molecule has 4 heterocycles. The number of nitrogens with two attached hydrogens (primary N) is 2. The van der Waals surface area contributed by atoms with Crippen molar-refractivity contribution in [3.05, 3.63) is 142 Å². The quantitative estimate of drug-likeness (QED) is 0.0325. The monoisotopic (exact) mass is 1750 g/mol. The van der Waals surface area contributed by atoms with E-state index in [0.717, 1.165) is 34.1 Å². The van der Waals surface area contributed by atoms with Crippen LogP contribution in [-0.4, -0.2) is 286 Å². The fourth-order valence-electron chi connectivity index (χ4n) is 12.8. The van der Waals surface area contributed by atoms with Gasteiger partial charge in [0, 0.05) is 36.6 Å². The summed E-state index contributed by atoms with van der Waals surface area (Å²) in [6.45, 7) is -3.16. The normalized spacial score (nSPS) is 28.1. The highest BCUT2D eigenvalue weighted by Gasteiger charge is 2.49. The number of nitrogens with zero attached hydrogens (tertiary/aromatic N) is 2. The predicted octanol–water partition coefficient (Wildman–Crippen LogP) is -11.8. The Hall–Kier alpha value is -11.6. The number of fused-ring (bicyclic) bond motifs is 2. The van der Waals surface area contributed by atoms with Gasteiger partial charge in [-0.1, -0.05) is 113 Å². The summed E-state index contributed by atoms with van der Waals surface area (Å²) in [5.74, 6) is -21.6. The van der Waals surface area contributed by atoms with E-state index in [1.807, 2.05) is 10.6 Å². The van der Waals surface area contributed by atoms with E-state index >= 15 is 9.59 Å². The third kappa shape index (κ3) is 28.0. The SMILES string of the molecule is CC(/C=C/c1ccccc1)=C\[C@H](O)[C@@H]1CCC(=O)N[C@@H](CO)C(=O)NC2C[n+]3cc(n([C@@H]4O[C@H](CO)[C@H](O)[C@H](O)[C@H]4O)c3)CC(NC(=O)CCC[C@@H](C(=O)[O-])NC(=O)[C@@H](O)CNC(=O)[C@H](Cc3ccc(Br)cc3)NC(=O)[C@H]([C@@H](O)C(N)=O)NC(=O)[C@H](CC(N)=O)NC2=O)C(=O)N[C@@H]([C@@H](C)O)C(=O)N[C@@H](CO)C(=O)N[C@@H](Cc2ccccc2)C(=O)N1. The maximum Gasteiger partial charge on any atom is 0.251 e. The minimum atomic E-state index is -2.75. The van der Waals surface area contributed by atoms with Crippen LogP contribution in [0.1, 0.15) is 81.0 Å². The smallest absolute Gasteiger partial charge is 0.251 e. The van der Waals surface area contributed by atoms with Crippen molar-refractivity contribution in [1.82, 2.24) is 68.4 Å². The lowest BCUT2D eigenvalue weighted by Crippen LogP contribution is -2.64. The molecule has 44 heteroatoms. The third-order valence-corrected chi connectivity index (χ3v) is 20.0. The van der Waals surface area contributed by atoms with Gasteiger partial charge in [0.25, 0.3) is 5.91 Å². The van der Waals surface area contributed by atoms with E-state index in [-0.39, 0.29) is 12.0 Å². The number of carboxylic acids is 1. The number of aliphatic hydroxyl groups excluding tert-OH is 10. The summed E-state index contributed by atoms with van der Waals surface area (Å²) < 4.78 is 8.26. The van der Waals surface area contributed by atoms with E-state index in [1.165, 1.54) is 30.3 Å². The van der Waals surface area contributed by atoms with Crippen LogP contribution < -0.4 is 84.9 Å². The largest absolute Gasteiger partial charge is 0.548 e. The molecular formula is C76H99BrN16O27. The summed E-state index contributed by atoms with van der Waals surface area (Å²) in [6.07, 6.45) is -18.9. The highest BCUT2D eigenvalue weighted by Crippen LogP contribution is 2.30. The Morgan fingerprint density at radius 1 is 0.592 bits per heavy atom. The van der Waals surface area contributed by atoms with Gasteiger partial charge in [-0.05, 0) is 61.9 Å². The first-order valence-electron chi connectivity index (χ1n) is 37.8. The van der Waals surface area contributed by atoms with Crippen LogP contribution in [0.5, 0.6) is 0 Å². The number of amides is 14. The third-order valence-electron chi connectivity index (χ3n) is 19.5. The number of carboxylic acid groups (broad SMARTS) is 1. The number of carbonyl (C=O) groups is 15. The number of rotatable bonds is 18. The molecule has 20 atom stereocenters. The number of halogens is 1. The number of aliphatic hydroxyl groups is 10. The molecule has 7 rings (SSSR count). The highest BCUT2D eigenvalue weighted by molar-refractivity contribution is 9.10. The lowest BCUT2D eigenvalue weighted by Gasteiger charge is -2.38. The zero-order valence-electron chi connectivity index (χ0n) is 64.8. The van der Waals surface area contributed by atoms with Crippen molar-refractivity contribution in [3.63, 3.8) is 0 Å². The number of hydrogen-bond donors (Lipinski definition) is 24. The van der Waals surface area contributed by atoms with Gasteiger partial charge in [0.05, 0.1) is 63.0 Å². The number of benzene rings is 3. The molecule has 14 amide bonds. The van der Waals surface area contributed by atoms with Crippen molar-refractivity contribution in [2.45, 2.75) is 200 Å². The van der Waals surface area contributed by atoms with E-state index in [0.29, 0.717) is 15.6 Å². The maximum atomic E-state index is 15.3. The molecule has 3 aliphatic rings. The topological polar surface area (TPSA) is 696 Å². The number of hydrogen-bond acceptors (Lipinski definition) is 27.